The highest BCUT2D eigenvalue weighted by Gasteiger charge is 2.28. The van der Waals surface area contributed by atoms with Crippen molar-refractivity contribution in [2.75, 3.05) is 0 Å². The van der Waals surface area contributed by atoms with Crippen LogP contribution in [0.5, 0.6) is 5.75 Å². The number of primary amides is 1. The highest BCUT2D eigenvalue weighted by atomic mass is 16.3. The van der Waals surface area contributed by atoms with Gasteiger partial charge in [0.15, 0.2) is 0 Å². The van der Waals surface area contributed by atoms with Crippen LogP contribution in [0.4, 0.5) is 0 Å². The fourth-order valence-corrected chi connectivity index (χ4v) is 4.83. The Labute approximate surface area is 210 Å². The first-order chi connectivity index (χ1) is 17.3. The summed E-state index contributed by atoms with van der Waals surface area (Å²) in [4.78, 5) is 44.1. The molecule has 2 aromatic carbocycles. The molecule has 1 aromatic heterocycles. The number of aromatic hydroxyl groups is 1. The van der Waals surface area contributed by atoms with E-state index in [-0.39, 0.29) is 41.9 Å². The van der Waals surface area contributed by atoms with Gasteiger partial charge in [0.2, 0.25) is 5.91 Å². The number of aromatic nitrogens is 2. The van der Waals surface area contributed by atoms with Gasteiger partial charge in [0, 0.05) is 30.5 Å². The predicted molar refractivity (Wildman–Crippen MR) is 138 cm³/mol. The van der Waals surface area contributed by atoms with Gasteiger partial charge in [0.25, 0.3) is 11.5 Å². The molecule has 1 unspecified atom stereocenters. The zero-order valence-corrected chi connectivity index (χ0v) is 20.4. The largest absolute Gasteiger partial charge is 0.508 e. The molecular weight excluding hydrogens is 456 g/mol. The predicted octanol–water partition coefficient (Wildman–Crippen LogP) is 3.71. The Bertz CT molecular complexity index is 1280. The number of hydrogen-bond donors (Lipinski definition) is 3. The van der Waals surface area contributed by atoms with E-state index >= 15 is 0 Å². The summed E-state index contributed by atoms with van der Waals surface area (Å²) >= 11 is 0. The Balaban J connectivity index is 1.89. The van der Waals surface area contributed by atoms with Crippen molar-refractivity contribution in [1.82, 2.24) is 14.9 Å². The fraction of sp³-hybridized carbons (Fsp3) is 0.357. The Morgan fingerprint density at radius 2 is 1.75 bits per heavy atom. The van der Waals surface area contributed by atoms with Gasteiger partial charge in [-0.2, -0.15) is 0 Å². The first kappa shape index (κ1) is 25.2. The van der Waals surface area contributed by atoms with Crippen molar-refractivity contribution in [3.05, 3.63) is 81.9 Å². The standard InChI is InChI=1S/C28H32N4O4/c1-18(16-24(29)34)32-26(27(35)30-21-10-6-3-7-11-21)25(20-8-4-2-5-9-20)31-23(28(32)36)17-19-12-14-22(33)15-13-19/h2,4-5,8-9,12-15,18,21,33H,3,6-7,10-11,16-17H2,1H3,(H2,29,34)(H,30,35). The van der Waals surface area contributed by atoms with Gasteiger partial charge in [-0.3, -0.25) is 19.0 Å². The van der Waals surface area contributed by atoms with Gasteiger partial charge in [-0.05, 0) is 37.5 Å². The summed E-state index contributed by atoms with van der Waals surface area (Å²) in [6.45, 7) is 1.71. The van der Waals surface area contributed by atoms with Crippen molar-refractivity contribution in [2.24, 2.45) is 5.73 Å². The van der Waals surface area contributed by atoms with Gasteiger partial charge in [-0.15, -0.1) is 0 Å². The molecule has 8 heteroatoms. The summed E-state index contributed by atoms with van der Waals surface area (Å²) in [7, 11) is 0. The lowest BCUT2D eigenvalue weighted by Gasteiger charge is -2.26. The van der Waals surface area contributed by atoms with E-state index in [0.29, 0.717) is 11.3 Å². The van der Waals surface area contributed by atoms with Crippen LogP contribution in [-0.4, -0.2) is 32.5 Å². The third-order valence-corrected chi connectivity index (χ3v) is 6.63. The molecular formula is C28H32N4O4. The maximum absolute atomic E-state index is 13.8. The van der Waals surface area contributed by atoms with Gasteiger partial charge in [-0.1, -0.05) is 61.7 Å². The minimum absolute atomic E-state index is 0.0292. The second-order valence-corrected chi connectivity index (χ2v) is 9.47. The number of nitrogens with zero attached hydrogens (tertiary/aromatic N) is 2. The maximum Gasteiger partial charge on any atom is 0.273 e. The molecule has 1 fully saturated rings. The van der Waals surface area contributed by atoms with Gasteiger partial charge >= 0.3 is 0 Å². The first-order valence-electron chi connectivity index (χ1n) is 12.4. The Morgan fingerprint density at radius 3 is 2.39 bits per heavy atom. The highest BCUT2D eigenvalue weighted by molar-refractivity contribution is 5.98. The van der Waals surface area contributed by atoms with Crippen LogP contribution in [0.15, 0.2) is 59.4 Å². The van der Waals surface area contributed by atoms with E-state index in [2.05, 4.69) is 5.32 Å². The maximum atomic E-state index is 13.8. The summed E-state index contributed by atoms with van der Waals surface area (Å²) in [5.41, 5.74) is 7.29. The number of phenols is 1. The van der Waals surface area contributed by atoms with E-state index in [1.807, 2.05) is 30.3 Å². The molecule has 4 N–H and O–H groups in total. The molecule has 1 saturated carbocycles. The smallest absolute Gasteiger partial charge is 0.273 e. The summed E-state index contributed by atoms with van der Waals surface area (Å²) in [6, 6.07) is 15.2. The molecule has 4 rings (SSSR count). The quantitative estimate of drug-likeness (QED) is 0.445. The Kier molecular flexibility index (Phi) is 7.83. The second kappa shape index (κ2) is 11.2. The number of carbonyl (C=O) groups is 2. The number of phenolic OH excluding ortho intramolecular Hbond substituents is 1. The van der Waals surface area contributed by atoms with E-state index in [0.717, 1.165) is 37.7 Å². The van der Waals surface area contributed by atoms with Crippen molar-refractivity contribution < 1.29 is 14.7 Å². The number of hydrogen-bond acceptors (Lipinski definition) is 5. The van der Waals surface area contributed by atoms with Crippen molar-refractivity contribution in [3.63, 3.8) is 0 Å². The average molecular weight is 489 g/mol. The molecule has 188 valence electrons. The number of nitrogens with one attached hydrogen (secondary N) is 1. The molecule has 0 bridgehead atoms. The molecule has 1 aliphatic carbocycles. The minimum atomic E-state index is -0.647. The van der Waals surface area contributed by atoms with Gasteiger partial charge in [0.05, 0.1) is 0 Å². The lowest BCUT2D eigenvalue weighted by Crippen LogP contribution is -2.42. The highest BCUT2D eigenvalue weighted by Crippen LogP contribution is 2.26. The number of amides is 2. The van der Waals surface area contributed by atoms with E-state index in [4.69, 9.17) is 10.7 Å². The number of nitrogens with two attached hydrogens (primary N) is 1. The van der Waals surface area contributed by atoms with Gasteiger partial charge in [-0.25, -0.2) is 4.98 Å². The van der Waals surface area contributed by atoms with Crippen LogP contribution >= 0.6 is 0 Å². The van der Waals surface area contributed by atoms with Crippen LogP contribution in [0.25, 0.3) is 11.3 Å². The zero-order chi connectivity index (χ0) is 25.7. The van der Waals surface area contributed by atoms with Crippen LogP contribution in [0, 0.1) is 0 Å². The van der Waals surface area contributed by atoms with E-state index < -0.39 is 17.5 Å². The molecule has 0 aliphatic heterocycles. The second-order valence-electron chi connectivity index (χ2n) is 9.47. The molecule has 0 radical (unpaired) electrons. The monoisotopic (exact) mass is 488 g/mol. The third kappa shape index (κ3) is 5.82. The van der Waals surface area contributed by atoms with Crippen LogP contribution in [-0.2, 0) is 11.2 Å². The number of carbonyl (C=O) groups excluding carboxylic acids is 2. The van der Waals surface area contributed by atoms with Crippen molar-refractivity contribution in [1.29, 1.82) is 0 Å². The summed E-state index contributed by atoms with van der Waals surface area (Å²) < 4.78 is 1.38. The third-order valence-electron chi connectivity index (χ3n) is 6.63. The van der Waals surface area contributed by atoms with E-state index in [1.54, 1.807) is 31.2 Å². The molecule has 1 heterocycles. The van der Waals surface area contributed by atoms with E-state index in [9.17, 15) is 19.5 Å². The zero-order valence-electron chi connectivity index (χ0n) is 20.4. The van der Waals surface area contributed by atoms with Crippen molar-refractivity contribution in [3.8, 4) is 17.0 Å². The normalized spacial score (nSPS) is 14.8. The molecule has 8 nitrogen and oxygen atoms in total. The molecule has 0 spiro atoms. The SMILES string of the molecule is CC(CC(N)=O)n1c(C(=O)NC2CCCCC2)c(-c2ccccc2)nc(Cc2ccc(O)cc2)c1=O. The van der Waals surface area contributed by atoms with Crippen LogP contribution < -0.4 is 16.6 Å². The number of benzene rings is 2. The molecule has 1 aliphatic rings. The molecule has 0 saturated heterocycles. The van der Waals surface area contributed by atoms with Crippen LogP contribution in [0.3, 0.4) is 0 Å². The topological polar surface area (TPSA) is 127 Å². The summed E-state index contributed by atoms with van der Waals surface area (Å²) in [6.07, 6.45) is 5.12. The van der Waals surface area contributed by atoms with Crippen LogP contribution in [0.1, 0.15) is 73.2 Å². The first-order valence-corrected chi connectivity index (χ1v) is 12.4. The fourth-order valence-electron chi connectivity index (χ4n) is 4.83. The number of rotatable bonds is 8. The molecule has 2 amide bonds. The van der Waals surface area contributed by atoms with Gasteiger partial charge in [0.1, 0.15) is 22.8 Å². The Hall–Kier alpha value is -3.94. The molecule has 3 aromatic rings. The lowest BCUT2D eigenvalue weighted by atomic mass is 9.95. The lowest BCUT2D eigenvalue weighted by molar-refractivity contribution is -0.118. The summed E-state index contributed by atoms with van der Waals surface area (Å²) in [5, 5.41) is 12.7. The molecule has 1 atom stereocenters. The average Bonchev–Trinajstić information content (AvgIpc) is 2.86. The summed E-state index contributed by atoms with van der Waals surface area (Å²) in [5.74, 6) is -0.817. The van der Waals surface area contributed by atoms with Crippen LogP contribution in [0.2, 0.25) is 0 Å². The van der Waals surface area contributed by atoms with Gasteiger partial charge < -0.3 is 16.2 Å². The molecule has 36 heavy (non-hydrogen) atoms. The Morgan fingerprint density at radius 1 is 1.08 bits per heavy atom. The van der Waals surface area contributed by atoms with Crippen molar-refractivity contribution in [2.45, 2.75) is 64.0 Å². The van der Waals surface area contributed by atoms with Crippen molar-refractivity contribution >= 4 is 11.8 Å². The van der Waals surface area contributed by atoms with E-state index in [1.165, 1.54) is 4.57 Å². The minimum Gasteiger partial charge on any atom is -0.508 e.